The number of rotatable bonds is 9. The Balaban J connectivity index is 1.77. The van der Waals surface area contributed by atoms with Crippen molar-refractivity contribution < 1.29 is 4.74 Å². The first-order chi connectivity index (χ1) is 12.7. The van der Waals surface area contributed by atoms with Gasteiger partial charge in [0.25, 0.3) is 0 Å². The molecule has 0 bridgehead atoms. The zero-order valence-corrected chi connectivity index (χ0v) is 17.1. The maximum atomic E-state index is 6.35. The number of unbranched alkanes of at least 4 members (excludes halogenated alkanes) is 1. The highest BCUT2D eigenvalue weighted by atomic mass is 79.9. The Kier molecular flexibility index (Phi) is 6.88. The van der Waals surface area contributed by atoms with Crippen molar-refractivity contribution in [2.45, 2.75) is 26.2 Å². The zero-order chi connectivity index (χ0) is 18.4. The average Bonchev–Trinajstić information content (AvgIpc) is 3.02. The van der Waals surface area contributed by atoms with Gasteiger partial charge in [-0.25, -0.2) is 4.98 Å². The Morgan fingerprint density at radius 3 is 2.85 bits per heavy atom. The lowest BCUT2D eigenvalue weighted by atomic mass is 10.1. The summed E-state index contributed by atoms with van der Waals surface area (Å²) < 4.78 is 8.25. The molecule has 0 radical (unpaired) electrons. The largest absolute Gasteiger partial charge is 0.381 e. The smallest absolute Gasteiger partial charge is 0.172 e. The molecule has 2 heterocycles. The van der Waals surface area contributed by atoms with E-state index in [0.29, 0.717) is 5.02 Å². The zero-order valence-electron chi connectivity index (χ0n) is 14.7. The molecular formula is C19H22BrClN4O. The van der Waals surface area contributed by atoms with Crippen LogP contribution in [0.3, 0.4) is 0 Å². The van der Waals surface area contributed by atoms with Crippen molar-refractivity contribution in [2.75, 3.05) is 25.1 Å². The SMILES string of the molecule is CCCCOCCCNc1cc(-c2ccccc2Cl)nc2c(Br)cnn12. The predicted octanol–water partition coefficient (Wildman–Crippen LogP) is 5.43. The summed E-state index contributed by atoms with van der Waals surface area (Å²) in [5.74, 6) is 0.879. The number of halogens is 2. The van der Waals surface area contributed by atoms with Crippen LogP contribution in [0.2, 0.25) is 5.02 Å². The van der Waals surface area contributed by atoms with Crippen LogP contribution in [0.1, 0.15) is 26.2 Å². The number of nitrogens with zero attached hydrogens (tertiary/aromatic N) is 3. The Morgan fingerprint density at radius 2 is 2.04 bits per heavy atom. The standard InChI is InChI=1S/C19H22BrClN4O/c1-2-3-10-26-11-6-9-22-18-12-17(14-7-4-5-8-16(14)21)24-19-15(20)13-23-25(18)19/h4-5,7-8,12-13,22H,2-3,6,9-11H2,1H3. The summed E-state index contributed by atoms with van der Waals surface area (Å²) >= 11 is 9.87. The fourth-order valence-corrected chi connectivity index (χ4v) is 3.19. The van der Waals surface area contributed by atoms with Crippen molar-refractivity contribution in [1.82, 2.24) is 14.6 Å². The molecule has 0 amide bonds. The summed E-state index contributed by atoms with van der Waals surface area (Å²) in [5.41, 5.74) is 2.46. The molecule has 7 heteroatoms. The molecule has 3 aromatic rings. The molecule has 5 nitrogen and oxygen atoms in total. The molecule has 138 valence electrons. The van der Waals surface area contributed by atoms with Crippen molar-refractivity contribution in [1.29, 1.82) is 0 Å². The minimum Gasteiger partial charge on any atom is -0.381 e. The van der Waals surface area contributed by atoms with Crippen LogP contribution in [0, 0.1) is 0 Å². The van der Waals surface area contributed by atoms with Crippen LogP contribution in [0.15, 0.2) is 41.0 Å². The topological polar surface area (TPSA) is 51.5 Å². The monoisotopic (exact) mass is 436 g/mol. The summed E-state index contributed by atoms with van der Waals surface area (Å²) in [4.78, 5) is 4.71. The van der Waals surface area contributed by atoms with Crippen LogP contribution < -0.4 is 5.32 Å². The molecular weight excluding hydrogens is 416 g/mol. The van der Waals surface area contributed by atoms with Crippen molar-refractivity contribution >= 4 is 39.0 Å². The lowest BCUT2D eigenvalue weighted by Crippen LogP contribution is -2.10. The van der Waals surface area contributed by atoms with Gasteiger partial charge in [-0.05, 0) is 34.8 Å². The van der Waals surface area contributed by atoms with Crippen LogP contribution in [0.5, 0.6) is 0 Å². The highest BCUT2D eigenvalue weighted by molar-refractivity contribution is 9.10. The van der Waals surface area contributed by atoms with Gasteiger partial charge < -0.3 is 10.1 Å². The van der Waals surface area contributed by atoms with E-state index in [4.69, 9.17) is 21.3 Å². The number of aromatic nitrogens is 3. The maximum absolute atomic E-state index is 6.35. The summed E-state index contributed by atoms with van der Waals surface area (Å²) in [7, 11) is 0. The molecule has 26 heavy (non-hydrogen) atoms. The second-order valence-corrected chi connectivity index (χ2v) is 7.24. The quantitative estimate of drug-likeness (QED) is 0.453. The molecule has 1 N–H and O–H groups in total. The molecule has 0 saturated heterocycles. The Hall–Kier alpha value is -1.63. The molecule has 0 aliphatic carbocycles. The van der Waals surface area contributed by atoms with E-state index in [1.165, 1.54) is 0 Å². The molecule has 0 atom stereocenters. The van der Waals surface area contributed by atoms with E-state index in [9.17, 15) is 0 Å². The van der Waals surface area contributed by atoms with E-state index in [-0.39, 0.29) is 0 Å². The van der Waals surface area contributed by atoms with Crippen LogP contribution in [-0.4, -0.2) is 34.4 Å². The van der Waals surface area contributed by atoms with E-state index < -0.39 is 0 Å². The maximum Gasteiger partial charge on any atom is 0.172 e. The second kappa shape index (κ2) is 9.35. The van der Waals surface area contributed by atoms with Crippen molar-refractivity contribution in [3.05, 3.63) is 46.0 Å². The number of fused-ring (bicyclic) bond motifs is 1. The summed E-state index contributed by atoms with van der Waals surface area (Å²) in [6, 6.07) is 9.69. The van der Waals surface area contributed by atoms with Gasteiger partial charge in [0.2, 0.25) is 0 Å². The van der Waals surface area contributed by atoms with Gasteiger partial charge in [-0.3, -0.25) is 0 Å². The summed E-state index contributed by atoms with van der Waals surface area (Å²) in [6.45, 7) is 4.54. The van der Waals surface area contributed by atoms with Gasteiger partial charge in [0, 0.05) is 36.4 Å². The molecule has 0 aliphatic rings. The third-order valence-electron chi connectivity index (χ3n) is 3.99. The van der Waals surface area contributed by atoms with E-state index in [1.54, 1.807) is 10.7 Å². The molecule has 3 rings (SSSR count). The van der Waals surface area contributed by atoms with Gasteiger partial charge in [-0.15, -0.1) is 0 Å². The van der Waals surface area contributed by atoms with Gasteiger partial charge in [0.15, 0.2) is 5.65 Å². The van der Waals surface area contributed by atoms with Crippen molar-refractivity contribution in [2.24, 2.45) is 0 Å². The Labute approximate surface area is 166 Å². The van der Waals surface area contributed by atoms with Crippen molar-refractivity contribution in [3.8, 4) is 11.3 Å². The summed E-state index contributed by atoms with van der Waals surface area (Å²) in [6.07, 6.45) is 4.95. The highest BCUT2D eigenvalue weighted by Crippen LogP contribution is 2.30. The second-order valence-electron chi connectivity index (χ2n) is 5.98. The van der Waals surface area contributed by atoms with Crippen LogP contribution in [0.25, 0.3) is 16.9 Å². The molecule has 0 fully saturated rings. The third kappa shape index (κ3) is 4.55. The molecule has 0 unspecified atom stereocenters. The fraction of sp³-hybridized carbons (Fsp3) is 0.368. The number of ether oxygens (including phenoxy) is 1. The first kappa shape index (κ1) is 19.1. The molecule has 1 aromatic carbocycles. The van der Waals surface area contributed by atoms with Gasteiger partial charge >= 0.3 is 0 Å². The van der Waals surface area contributed by atoms with Gasteiger partial charge in [-0.2, -0.15) is 9.61 Å². The van der Waals surface area contributed by atoms with Crippen molar-refractivity contribution in [3.63, 3.8) is 0 Å². The number of hydrogen-bond donors (Lipinski definition) is 1. The average molecular weight is 438 g/mol. The molecule has 0 aliphatic heterocycles. The lowest BCUT2D eigenvalue weighted by Gasteiger charge is -2.11. The summed E-state index contributed by atoms with van der Waals surface area (Å²) in [5, 5.41) is 8.51. The van der Waals surface area contributed by atoms with Crippen LogP contribution in [0.4, 0.5) is 5.82 Å². The normalized spacial score (nSPS) is 11.2. The number of anilines is 1. The molecule has 0 saturated carbocycles. The molecule has 2 aromatic heterocycles. The van der Waals surface area contributed by atoms with E-state index in [1.807, 2.05) is 30.3 Å². The van der Waals surface area contributed by atoms with Gasteiger partial charge in [-0.1, -0.05) is 43.1 Å². The van der Waals surface area contributed by atoms with Gasteiger partial charge in [0.1, 0.15) is 5.82 Å². The number of hydrogen-bond acceptors (Lipinski definition) is 4. The predicted molar refractivity (Wildman–Crippen MR) is 110 cm³/mol. The van der Waals surface area contributed by atoms with Crippen LogP contribution in [-0.2, 0) is 4.74 Å². The van der Waals surface area contributed by atoms with Crippen LogP contribution >= 0.6 is 27.5 Å². The lowest BCUT2D eigenvalue weighted by molar-refractivity contribution is 0.131. The Morgan fingerprint density at radius 1 is 1.23 bits per heavy atom. The minimum absolute atomic E-state index is 0.676. The third-order valence-corrected chi connectivity index (χ3v) is 4.88. The molecule has 0 spiro atoms. The highest BCUT2D eigenvalue weighted by Gasteiger charge is 2.12. The van der Waals surface area contributed by atoms with Gasteiger partial charge in [0.05, 0.1) is 16.4 Å². The van der Waals surface area contributed by atoms with E-state index in [0.717, 1.165) is 66.2 Å². The fourth-order valence-electron chi connectivity index (χ4n) is 2.61. The first-order valence-electron chi connectivity index (χ1n) is 8.81. The minimum atomic E-state index is 0.676. The van der Waals surface area contributed by atoms with E-state index in [2.05, 4.69) is 33.3 Å². The number of nitrogens with one attached hydrogen (secondary N) is 1. The number of benzene rings is 1. The van der Waals surface area contributed by atoms with E-state index >= 15 is 0 Å². The Bertz CT molecular complexity index is 868. The first-order valence-corrected chi connectivity index (χ1v) is 9.98.